The van der Waals surface area contributed by atoms with E-state index in [-0.39, 0.29) is 38.1 Å². The highest BCUT2D eigenvalue weighted by atomic mass is 35.5. The first kappa shape index (κ1) is 21.6. The molecule has 1 aromatic carbocycles. The zero-order valence-corrected chi connectivity index (χ0v) is 19.0. The summed E-state index contributed by atoms with van der Waals surface area (Å²) in [4.78, 5) is 43.7. The molecule has 2 fully saturated rings. The molecular weight excluding hydrogens is 452 g/mol. The number of halogens is 1. The topological polar surface area (TPSA) is 87.1 Å². The van der Waals surface area contributed by atoms with Crippen LogP contribution in [0.5, 0.6) is 0 Å². The number of aliphatic hydroxyl groups excluding tert-OH is 1. The van der Waals surface area contributed by atoms with Crippen LogP contribution in [0.25, 0.3) is 0 Å². The molecule has 1 unspecified atom stereocenters. The molecule has 4 aliphatic heterocycles. The minimum atomic E-state index is -0.959. The van der Waals surface area contributed by atoms with E-state index in [4.69, 9.17) is 16.3 Å². The maximum Gasteiger partial charge on any atom is 0.311 e. The van der Waals surface area contributed by atoms with Crippen molar-refractivity contribution in [2.75, 3.05) is 31.2 Å². The van der Waals surface area contributed by atoms with Crippen molar-refractivity contribution >= 4 is 46.8 Å². The fourth-order valence-electron chi connectivity index (χ4n) is 5.59. The van der Waals surface area contributed by atoms with Crippen LogP contribution in [0, 0.1) is 11.8 Å². The molecule has 168 valence electrons. The lowest BCUT2D eigenvalue weighted by Crippen LogP contribution is -2.54. The van der Waals surface area contributed by atoms with Crippen LogP contribution in [0.1, 0.15) is 6.92 Å². The van der Waals surface area contributed by atoms with E-state index in [1.54, 1.807) is 35.2 Å². The van der Waals surface area contributed by atoms with E-state index < -0.39 is 33.3 Å². The molecule has 2 saturated heterocycles. The van der Waals surface area contributed by atoms with Crippen molar-refractivity contribution in [2.24, 2.45) is 11.8 Å². The smallest absolute Gasteiger partial charge is 0.311 e. The maximum atomic E-state index is 14.0. The molecule has 9 heteroatoms. The number of amides is 2. The monoisotopic (exact) mass is 474 g/mol. The number of β-amino-alcohol motifs (C(OH)–C–C–N with tert-alkyl or cyclic N) is 1. The van der Waals surface area contributed by atoms with E-state index in [2.05, 4.69) is 0 Å². The summed E-state index contributed by atoms with van der Waals surface area (Å²) >= 11 is 7.87. The van der Waals surface area contributed by atoms with Gasteiger partial charge in [0, 0.05) is 17.8 Å². The summed E-state index contributed by atoms with van der Waals surface area (Å²) in [6.07, 6.45) is 7.51. The third-order valence-electron chi connectivity index (χ3n) is 6.80. The second-order valence-electron chi connectivity index (χ2n) is 8.59. The lowest BCUT2D eigenvalue weighted by atomic mass is 9.75. The first-order chi connectivity index (χ1) is 15.3. The van der Waals surface area contributed by atoms with E-state index in [9.17, 15) is 19.5 Å². The molecule has 0 aromatic heterocycles. The number of carbonyl (C=O) groups is 3. The van der Waals surface area contributed by atoms with Crippen LogP contribution in [0.15, 0.2) is 48.6 Å². The van der Waals surface area contributed by atoms with E-state index >= 15 is 0 Å². The van der Waals surface area contributed by atoms with Gasteiger partial charge in [0.2, 0.25) is 5.91 Å². The fourth-order valence-corrected chi connectivity index (χ4v) is 7.98. The Hall–Kier alpha value is -2.29. The number of benzene rings is 1. The number of ether oxygens (including phenoxy) is 1. The zero-order valence-electron chi connectivity index (χ0n) is 17.4. The van der Waals surface area contributed by atoms with Crippen LogP contribution in [-0.4, -0.2) is 69.6 Å². The number of aliphatic hydroxyl groups is 1. The Labute approximate surface area is 195 Å². The van der Waals surface area contributed by atoms with Gasteiger partial charge in [-0.1, -0.05) is 42.0 Å². The van der Waals surface area contributed by atoms with Gasteiger partial charge in [0.15, 0.2) is 0 Å². The summed E-state index contributed by atoms with van der Waals surface area (Å²) in [5.41, 5.74) is 0.559. The molecule has 4 aliphatic rings. The molecule has 32 heavy (non-hydrogen) atoms. The van der Waals surface area contributed by atoms with Gasteiger partial charge in [-0.25, -0.2) is 0 Å². The first-order valence-electron chi connectivity index (χ1n) is 10.5. The second kappa shape index (κ2) is 7.64. The quantitative estimate of drug-likeness (QED) is 0.533. The van der Waals surface area contributed by atoms with Crippen molar-refractivity contribution in [2.45, 2.75) is 22.5 Å². The van der Waals surface area contributed by atoms with Gasteiger partial charge < -0.3 is 19.6 Å². The van der Waals surface area contributed by atoms with Crippen molar-refractivity contribution in [1.29, 1.82) is 0 Å². The highest BCUT2D eigenvalue weighted by molar-refractivity contribution is 8.02. The summed E-state index contributed by atoms with van der Waals surface area (Å²) in [6.45, 7) is 2.10. The molecule has 4 heterocycles. The number of anilines is 1. The van der Waals surface area contributed by atoms with Crippen LogP contribution in [0.3, 0.4) is 0 Å². The predicted octanol–water partition coefficient (Wildman–Crippen LogP) is 2.04. The lowest BCUT2D eigenvalue weighted by Gasteiger charge is -2.36. The molecule has 1 N–H and O–H groups in total. The molecule has 0 saturated carbocycles. The van der Waals surface area contributed by atoms with Gasteiger partial charge in [0.25, 0.3) is 5.91 Å². The van der Waals surface area contributed by atoms with Crippen molar-refractivity contribution in [3.63, 3.8) is 0 Å². The summed E-state index contributed by atoms with van der Waals surface area (Å²) < 4.78 is 3.73. The number of likely N-dealkylation sites (tertiary alicyclic amines) is 1. The van der Waals surface area contributed by atoms with E-state index in [0.717, 1.165) is 0 Å². The number of thioether (sulfide) groups is 1. The first-order valence-corrected chi connectivity index (χ1v) is 11.7. The van der Waals surface area contributed by atoms with Crippen molar-refractivity contribution in [1.82, 2.24) is 4.90 Å². The summed E-state index contributed by atoms with van der Waals surface area (Å²) in [6, 6.07) is 6.20. The maximum absolute atomic E-state index is 14.0. The summed E-state index contributed by atoms with van der Waals surface area (Å²) in [5, 5.41) is 10.1. The molecule has 0 aliphatic carbocycles. The summed E-state index contributed by atoms with van der Waals surface area (Å²) in [7, 11) is 0. The van der Waals surface area contributed by atoms with Gasteiger partial charge in [0.1, 0.15) is 12.6 Å². The Kier molecular flexibility index (Phi) is 5.15. The Morgan fingerprint density at radius 2 is 1.94 bits per heavy atom. The molecule has 0 bridgehead atoms. The number of esters is 1. The van der Waals surface area contributed by atoms with Crippen molar-refractivity contribution in [3.05, 3.63) is 53.6 Å². The number of para-hydroxylation sites is 1. The number of hydrogen-bond donors (Lipinski definition) is 1. The van der Waals surface area contributed by atoms with Gasteiger partial charge >= 0.3 is 5.97 Å². The normalized spacial score (nSPS) is 35.8. The van der Waals surface area contributed by atoms with Crippen molar-refractivity contribution in [3.8, 4) is 0 Å². The minimum Gasteiger partial charge on any atom is -0.461 e. The largest absolute Gasteiger partial charge is 0.461 e. The van der Waals surface area contributed by atoms with Gasteiger partial charge in [-0.2, -0.15) is 0 Å². The molecule has 0 radical (unpaired) electrons. The number of nitrogens with zero attached hydrogens (tertiary/aromatic N) is 2. The number of cyclic esters (lactones) is 1. The van der Waals surface area contributed by atoms with Crippen molar-refractivity contribution < 1.29 is 24.2 Å². The average molecular weight is 475 g/mol. The fraction of sp³-hybridized carbons (Fsp3) is 0.435. The standard InChI is InChI=1S/C23H23ClN2O5S/c1-22-8-5-13-31-21(30)17(22)16-19(28)26(11-12-27)18-20(29)25(10-4-9-23(16,18)32-22)15-7-3-2-6-14(15)24/h2-9,16-18,27H,10-13H2,1H3/t16-,17-,18?,22+,23-/m0/s1. The second-order valence-corrected chi connectivity index (χ2v) is 10.8. The average Bonchev–Trinajstić information content (AvgIpc) is 3.00. The van der Waals surface area contributed by atoms with Gasteiger partial charge in [0.05, 0.1) is 33.9 Å². The number of hydrogen-bond acceptors (Lipinski definition) is 6. The number of carbonyl (C=O) groups excluding carboxylic acids is 3. The van der Waals surface area contributed by atoms with E-state index in [1.165, 1.54) is 16.7 Å². The van der Waals surface area contributed by atoms with E-state index in [1.807, 2.05) is 25.2 Å². The SMILES string of the molecule is C[C@@]12C=CCOC(=O)[C@@H]1[C@H]1C(=O)N(CCO)C3C(=O)N(c4ccccc4Cl)CC=C[C@@]31S2. The van der Waals surface area contributed by atoms with E-state index in [0.29, 0.717) is 10.7 Å². The molecule has 2 amide bonds. The third kappa shape index (κ3) is 2.89. The molecular formula is C23H23ClN2O5S. The Balaban J connectivity index is 1.66. The third-order valence-corrected chi connectivity index (χ3v) is 8.91. The van der Waals surface area contributed by atoms with Gasteiger partial charge in [-0.05, 0) is 25.1 Å². The van der Waals surface area contributed by atoms with Crippen LogP contribution in [0.4, 0.5) is 5.69 Å². The lowest BCUT2D eigenvalue weighted by molar-refractivity contribution is -0.152. The van der Waals surface area contributed by atoms with Crippen LogP contribution >= 0.6 is 23.4 Å². The number of fused-ring (bicyclic) bond motifs is 2. The molecule has 5 atom stereocenters. The Bertz CT molecular complexity index is 1060. The van der Waals surface area contributed by atoms with Gasteiger partial charge in [-0.15, -0.1) is 11.8 Å². The Morgan fingerprint density at radius 3 is 2.69 bits per heavy atom. The molecule has 1 aromatic rings. The minimum absolute atomic E-state index is 0.00652. The van der Waals surface area contributed by atoms with Gasteiger partial charge in [-0.3, -0.25) is 14.4 Å². The Morgan fingerprint density at radius 1 is 1.16 bits per heavy atom. The molecule has 7 nitrogen and oxygen atoms in total. The zero-order chi connectivity index (χ0) is 22.7. The highest BCUT2D eigenvalue weighted by Crippen LogP contribution is 2.65. The number of rotatable bonds is 3. The molecule has 1 spiro atoms. The summed E-state index contributed by atoms with van der Waals surface area (Å²) in [5.74, 6) is -2.52. The van der Waals surface area contributed by atoms with Crippen LogP contribution < -0.4 is 4.90 Å². The molecule has 5 rings (SSSR count). The highest BCUT2D eigenvalue weighted by Gasteiger charge is 2.74. The van der Waals surface area contributed by atoms with Crippen LogP contribution in [-0.2, 0) is 19.1 Å². The van der Waals surface area contributed by atoms with Crippen LogP contribution in [0.2, 0.25) is 5.02 Å². The predicted molar refractivity (Wildman–Crippen MR) is 121 cm³/mol.